The number of ether oxygens (including phenoxy) is 2. The predicted molar refractivity (Wildman–Crippen MR) is 193 cm³/mol. The third-order valence-electron chi connectivity index (χ3n) is 9.29. The van der Waals surface area contributed by atoms with Gasteiger partial charge in [0, 0.05) is 36.5 Å². The third-order valence-corrected chi connectivity index (χ3v) is 9.50. The molecule has 0 radical (unpaired) electrons. The number of carbonyl (C=O) groups excluding carboxylic acids is 5. The lowest BCUT2D eigenvalue weighted by molar-refractivity contribution is -0.136. The molecule has 3 aromatic carbocycles. The molecule has 0 bridgehead atoms. The molecule has 268 valence electrons. The number of ketones is 1. The zero-order chi connectivity index (χ0) is 37.0. The maximum atomic E-state index is 13.3. The number of rotatable bonds is 14. The molecule has 52 heavy (non-hydrogen) atoms. The highest BCUT2D eigenvalue weighted by Crippen LogP contribution is 2.34. The topological polar surface area (TPSA) is 157 Å². The smallest absolute Gasteiger partial charge is 0.262 e. The lowest BCUT2D eigenvalue weighted by Crippen LogP contribution is -2.54. The summed E-state index contributed by atoms with van der Waals surface area (Å²) in [5, 5.41) is 5.57. The van der Waals surface area contributed by atoms with Crippen LogP contribution in [0.1, 0.15) is 88.2 Å². The lowest BCUT2D eigenvalue weighted by Gasteiger charge is -2.27. The van der Waals surface area contributed by atoms with Crippen molar-refractivity contribution in [2.45, 2.75) is 64.1 Å². The summed E-state index contributed by atoms with van der Waals surface area (Å²) < 4.78 is 12.0. The number of hydrogen-bond donors (Lipinski definition) is 2. The van der Waals surface area contributed by atoms with Crippen LogP contribution in [0.25, 0.3) is 0 Å². The minimum absolute atomic E-state index is 0.0559. The van der Waals surface area contributed by atoms with Crippen LogP contribution in [-0.4, -0.2) is 68.9 Å². The van der Waals surface area contributed by atoms with Crippen molar-refractivity contribution in [2.24, 2.45) is 0 Å². The fraction of sp³-hybridized carbons (Fsp3) is 0.308. The number of fused-ring (bicyclic) bond motifs is 1. The Hall–Kier alpha value is -5.62. The monoisotopic (exact) mass is 723 g/mol. The van der Waals surface area contributed by atoms with Crippen molar-refractivity contribution in [3.63, 3.8) is 0 Å². The number of benzene rings is 3. The van der Waals surface area contributed by atoms with E-state index in [4.69, 9.17) is 21.1 Å². The van der Waals surface area contributed by atoms with Gasteiger partial charge in [-0.05, 0) is 72.5 Å². The van der Waals surface area contributed by atoms with E-state index in [0.29, 0.717) is 35.2 Å². The molecular formula is C39H38ClN5O7. The van der Waals surface area contributed by atoms with Crippen molar-refractivity contribution in [3.05, 3.63) is 113 Å². The van der Waals surface area contributed by atoms with Crippen molar-refractivity contribution in [2.75, 3.05) is 17.8 Å². The molecule has 1 aromatic heterocycles. The Balaban J connectivity index is 1.05. The van der Waals surface area contributed by atoms with E-state index in [1.807, 2.05) is 48.5 Å². The Bertz CT molecular complexity index is 2020. The van der Waals surface area contributed by atoms with Crippen LogP contribution in [0.3, 0.4) is 0 Å². The van der Waals surface area contributed by atoms with Crippen LogP contribution in [0.2, 0.25) is 0 Å². The van der Waals surface area contributed by atoms with Gasteiger partial charge in [-0.15, -0.1) is 11.6 Å². The van der Waals surface area contributed by atoms with Crippen molar-refractivity contribution < 1.29 is 33.4 Å². The van der Waals surface area contributed by atoms with Crippen molar-refractivity contribution >= 4 is 46.7 Å². The number of aromatic nitrogens is 2. The molecule has 2 atom stereocenters. The average Bonchev–Trinajstić information content (AvgIpc) is 3.38. The van der Waals surface area contributed by atoms with Gasteiger partial charge in [-0.3, -0.25) is 34.2 Å². The van der Waals surface area contributed by atoms with Crippen molar-refractivity contribution in [1.29, 1.82) is 0 Å². The zero-order valence-corrected chi connectivity index (χ0v) is 29.7. The van der Waals surface area contributed by atoms with Crippen molar-refractivity contribution in [1.82, 2.24) is 20.2 Å². The number of anilines is 1. The van der Waals surface area contributed by atoms with E-state index < -0.39 is 29.7 Å². The summed E-state index contributed by atoms with van der Waals surface area (Å²) in [5.41, 5.74) is 3.49. The van der Waals surface area contributed by atoms with Crippen LogP contribution in [-0.2, 0) is 21.6 Å². The van der Waals surface area contributed by atoms with Gasteiger partial charge in [0.2, 0.25) is 11.8 Å². The summed E-state index contributed by atoms with van der Waals surface area (Å²) in [7, 11) is 0. The Morgan fingerprint density at radius 1 is 0.942 bits per heavy atom. The van der Waals surface area contributed by atoms with Gasteiger partial charge in [-0.1, -0.05) is 38.1 Å². The molecule has 13 heteroatoms. The van der Waals surface area contributed by atoms with Crippen LogP contribution in [0.5, 0.6) is 11.5 Å². The van der Waals surface area contributed by atoms with Crippen LogP contribution in [0.4, 0.5) is 5.69 Å². The molecular weight excluding hydrogens is 686 g/mol. The molecule has 1 unspecified atom stereocenters. The van der Waals surface area contributed by atoms with E-state index in [1.54, 1.807) is 30.5 Å². The summed E-state index contributed by atoms with van der Waals surface area (Å²) in [4.78, 5) is 71.0. The molecule has 3 heterocycles. The number of alkyl halides is 1. The Morgan fingerprint density at radius 2 is 1.60 bits per heavy atom. The second-order valence-electron chi connectivity index (χ2n) is 13.2. The highest BCUT2D eigenvalue weighted by atomic mass is 35.5. The van der Waals surface area contributed by atoms with E-state index in [1.165, 1.54) is 6.92 Å². The van der Waals surface area contributed by atoms with E-state index in [2.05, 4.69) is 34.4 Å². The molecule has 1 saturated heterocycles. The maximum absolute atomic E-state index is 13.3. The summed E-state index contributed by atoms with van der Waals surface area (Å²) in [6, 6.07) is 21.1. The van der Waals surface area contributed by atoms with E-state index in [0.717, 1.165) is 16.0 Å². The molecule has 1 fully saturated rings. The van der Waals surface area contributed by atoms with Crippen LogP contribution in [0.15, 0.2) is 79.0 Å². The number of nitrogens with one attached hydrogen (secondary N) is 2. The second kappa shape index (κ2) is 15.3. The summed E-state index contributed by atoms with van der Waals surface area (Å²) in [6.07, 6.45) is 2.26. The van der Waals surface area contributed by atoms with Gasteiger partial charge in [-0.25, -0.2) is 9.97 Å². The van der Waals surface area contributed by atoms with Crippen LogP contribution < -0.4 is 20.1 Å². The average molecular weight is 724 g/mol. The third kappa shape index (κ3) is 7.81. The summed E-state index contributed by atoms with van der Waals surface area (Å²) in [5.74, 6) is -0.508. The first-order valence-corrected chi connectivity index (χ1v) is 17.5. The minimum Gasteiger partial charge on any atom is -0.491 e. The number of Topliss-reactive ketones (excluding diaryl/α,β-unsaturated/α-hetero) is 1. The molecule has 4 aromatic rings. The molecule has 0 aliphatic carbocycles. The first kappa shape index (κ1) is 36.2. The Morgan fingerprint density at radius 3 is 2.23 bits per heavy atom. The highest BCUT2D eigenvalue weighted by molar-refractivity contribution is 6.23. The molecule has 6 rings (SSSR count). The second-order valence-corrected chi connectivity index (χ2v) is 13.6. The van der Waals surface area contributed by atoms with E-state index in [9.17, 15) is 24.0 Å². The number of halogens is 1. The van der Waals surface area contributed by atoms with Crippen LogP contribution in [0, 0.1) is 0 Å². The normalized spacial score (nSPS) is 16.3. The summed E-state index contributed by atoms with van der Waals surface area (Å²) in [6.45, 7) is 6.21. The quantitative estimate of drug-likeness (QED) is 0.0971. The fourth-order valence-corrected chi connectivity index (χ4v) is 6.49. The highest BCUT2D eigenvalue weighted by Gasteiger charge is 2.44. The first-order valence-electron chi connectivity index (χ1n) is 16.9. The Labute approximate surface area is 305 Å². The molecule has 0 saturated carbocycles. The minimum atomic E-state index is -1.03. The van der Waals surface area contributed by atoms with Gasteiger partial charge in [0.05, 0.1) is 22.9 Å². The standard InChI is InChI=1S/C39H38ClN5O7/c1-23(46)35-41-19-17-28(43-35)22-52-30-11-6-25(7-12-30)39(2,3)24-4-9-29(10-5-24)51-21-27(16-18-40)42-26-8-13-31-32(20-26)38(50)45(37(31)49)33-14-15-34(47)44-36(33)48/h4-13,17,19-20,27,33,42H,14-16,18,21-22H2,1-3H3,(H,44,47,48)/t27-,33?/m0/s1. The molecule has 2 aliphatic rings. The lowest BCUT2D eigenvalue weighted by atomic mass is 9.78. The van der Waals surface area contributed by atoms with Gasteiger partial charge >= 0.3 is 0 Å². The van der Waals surface area contributed by atoms with Gasteiger partial charge < -0.3 is 14.8 Å². The molecule has 2 N–H and O–H groups in total. The Kier molecular flexibility index (Phi) is 10.7. The van der Waals surface area contributed by atoms with E-state index in [-0.39, 0.29) is 60.2 Å². The van der Waals surface area contributed by atoms with Gasteiger partial charge in [0.25, 0.3) is 11.8 Å². The summed E-state index contributed by atoms with van der Waals surface area (Å²) >= 11 is 6.12. The maximum Gasteiger partial charge on any atom is 0.262 e. The van der Waals surface area contributed by atoms with E-state index >= 15 is 0 Å². The molecule has 4 amide bonds. The van der Waals surface area contributed by atoms with Crippen molar-refractivity contribution in [3.8, 4) is 11.5 Å². The SMILES string of the molecule is CC(=O)c1nccc(COc2ccc(C(C)(C)c3ccc(OC[C@H](CCCl)Nc4ccc5c(c4)C(=O)N(C4CCC(=O)NC4=O)C5=O)cc3)cc2)n1. The number of imide groups is 2. The van der Waals surface area contributed by atoms with Gasteiger partial charge in [0.15, 0.2) is 11.6 Å². The van der Waals surface area contributed by atoms with Crippen LogP contribution >= 0.6 is 11.6 Å². The van der Waals surface area contributed by atoms with Gasteiger partial charge in [-0.2, -0.15) is 0 Å². The van der Waals surface area contributed by atoms with Gasteiger partial charge in [0.1, 0.15) is 30.8 Å². The predicted octanol–water partition coefficient (Wildman–Crippen LogP) is 5.47. The number of amides is 4. The number of piperidine rings is 1. The number of carbonyl (C=O) groups is 5. The number of hydrogen-bond acceptors (Lipinski definition) is 10. The molecule has 0 spiro atoms. The first-order chi connectivity index (χ1) is 24.9. The fourth-order valence-electron chi connectivity index (χ4n) is 6.23. The largest absolute Gasteiger partial charge is 0.491 e. The molecule has 12 nitrogen and oxygen atoms in total. The molecule has 2 aliphatic heterocycles. The number of nitrogens with zero attached hydrogens (tertiary/aromatic N) is 3. The zero-order valence-electron chi connectivity index (χ0n) is 29.0.